The van der Waals surface area contributed by atoms with Gasteiger partial charge in [-0.15, -0.1) is 11.8 Å². The highest BCUT2D eigenvalue weighted by molar-refractivity contribution is 7.99. The summed E-state index contributed by atoms with van der Waals surface area (Å²) in [4.78, 5) is 3.74. The summed E-state index contributed by atoms with van der Waals surface area (Å²) in [5.41, 5.74) is 1.49. The van der Waals surface area contributed by atoms with Crippen LogP contribution in [0.3, 0.4) is 0 Å². The lowest BCUT2D eigenvalue weighted by Gasteiger charge is -2.33. The Balaban J connectivity index is 2.10. The smallest absolute Gasteiger partial charge is 0.0342 e. The Morgan fingerprint density at radius 1 is 1.32 bits per heavy atom. The predicted octanol–water partition coefficient (Wildman–Crippen LogP) is 3.40. The quantitative estimate of drug-likeness (QED) is 0.888. The highest BCUT2D eigenvalue weighted by atomic mass is 32.2. The number of benzene rings is 1. The Morgan fingerprint density at radius 2 is 2.05 bits per heavy atom. The van der Waals surface area contributed by atoms with Crippen molar-refractivity contribution in [2.45, 2.75) is 37.2 Å². The number of thioether (sulfide) groups is 1. The van der Waals surface area contributed by atoms with E-state index in [2.05, 4.69) is 62.4 Å². The van der Waals surface area contributed by atoms with Gasteiger partial charge in [0.1, 0.15) is 0 Å². The van der Waals surface area contributed by atoms with E-state index in [4.69, 9.17) is 0 Å². The van der Waals surface area contributed by atoms with Crippen molar-refractivity contribution >= 4 is 11.8 Å². The van der Waals surface area contributed by atoms with Crippen molar-refractivity contribution in [2.24, 2.45) is 5.92 Å². The summed E-state index contributed by atoms with van der Waals surface area (Å²) in [5, 5.41) is 3.89. The van der Waals surface area contributed by atoms with E-state index in [-0.39, 0.29) is 0 Å². The van der Waals surface area contributed by atoms with Crippen LogP contribution in [0.5, 0.6) is 0 Å². The van der Waals surface area contributed by atoms with Crippen molar-refractivity contribution in [1.82, 2.24) is 10.2 Å². The van der Waals surface area contributed by atoms with Crippen molar-refractivity contribution < 1.29 is 0 Å². The van der Waals surface area contributed by atoms with Crippen molar-refractivity contribution in [1.29, 1.82) is 0 Å². The molecule has 1 aliphatic heterocycles. The van der Waals surface area contributed by atoms with E-state index >= 15 is 0 Å². The summed E-state index contributed by atoms with van der Waals surface area (Å²) in [5.74, 6) is 1.88. The molecule has 0 aromatic heterocycles. The zero-order valence-electron chi connectivity index (χ0n) is 12.5. The van der Waals surface area contributed by atoms with Crippen LogP contribution in [-0.4, -0.2) is 37.3 Å². The van der Waals surface area contributed by atoms with E-state index in [0.29, 0.717) is 18.0 Å². The minimum Gasteiger partial charge on any atom is -0.308 e. The zero-order chi connectivity index (χ0) is 13.8. The average Bonchev–Trinajstić information content (AvgIpc) is 2.37. The van der Waals surface area contributed by atoms with E-state index in [1.54, 1.807) is 0 Å². The Labute approximate surface area is 122 Å². The third kappa shape index (κ3) is 3.98. The van der Waals surface area contributed by atoms with Crippen LogP contribution < -0.4 is 5.32 Å². The summed E-state index contributed by atoms with van der Waals surface area (Å²) in [6, 6.07) is 9.92. The average molecular weight is 278 g/mol. The molecule has 1 heterocycles. The van der Waals surface area contributed by atoms with E-state index in [1.165, 1.54) is 22.6 Å². The summed E-state index contributed by atoms with van der Waals surface area (Å²) < 4.78 is 0. The van der Waals surface area contributed by atoms with E-state index < -0.39 is 0 Å². The number of hydrogen-bond acceptors (Lipinski definition) is 3. The molecule has 0 fully saturated rings. The molecule has 0 aliphatic carbocycles. The summed E-state index contributed by atoms with van der Waals surface area (Å²) >= 11 is 1.99. The van der Waals surface area contributed by atoms with Crippen molar-refractivity contribution in [3.8, 4) is 0 Å². The number of fused-ring (bicyclic) bond motifs is 1. The van der Waals surface area contributed by atoms with Crippen LogP contribution in [-0.2, 0) is 0 Å². The fourth-order valence-corrected chi connectivity index (χ4v) is 3.75. The van der Waals surface area contributed by atoms with Crippen LogP contribution >= 0.6 is 11.8 Å². The maximum absolute atomic E-state index is 3.89. The minimum atomic E-state index is 0.518. The number of likely N-dealkylation sites (N-methyl/N-ethyl adjacent to an activating group) is 1. The highest BCUT2D eigenvalue weighted by Crippen LogP contribution is 2.36. The molecular weight excluding hydrogens is 252 g/mol. The molecule has 1 aromatic rings. The first-order chi connectivity index (χ1) is 9.08. The lowest BCUT2D eigenvalue weighted by Crippen LogP contribution is -2.44. The van der Waals surface area contributed by atoms with Crippen LogP contribution in [0.25, 0.3) is 0 Å². The second-order valence-corrected chi connectivity index (χ2v) is 7.14. The van der Waals surface area contributed by atoms with Crippen molar-refractivity contribution in [3.05, 3.63) is 29.8 Å². The monoisotopic (exact) mass is 278 g/mol. The van der Waals surface area contributed by atoms with Crippen LogP contribution in [0.1, 0.15) is 31.9 Å². The maximum atomic E-state index is 3.89. The molecule has 2 unspecified atom stereocenters. The zero-order valence-corrected chi connectivity index (χ0v) is 13.3. The molecule has 0 spiro atoms. The fraction of sp³-hybridized carbons (Fsp3) is 0.625. The number of nitrogens with one attached hydrogen (secondary N) is 1. The van der Waals surface area contributed by atoms with Crippen molar-refractivity contribution in [2.75, 3.05) is 26.4 Å². The van der Waals surface area contributed by atoms with Crippen LogP contribution in [0, 0.1) is 5.92 Å². The van der Waals surface area contributed by atoms with Crippen LogP contribution in [0.15, 0.2) is 29.2 Å². The van der Waals surface area contributed by atoms with Crippen LogP contribution in [0.2, 0.25) is 0 Å². The van der Waals surface area contributed by atoms with Gasteiger partial charge in [0.25, 0.3) is 0 Å². The van der Waals surface area contributed by atoms with Gasteiger partial charge in [0.15, 0.2) is 0 Å². The molecule has 2 rings (SSSR count). The Kier molecular flexibility index (Phi) is 5.31. The number of nitrogens with zero attached hydrogens (tertiary/aromatic N) is 1. The summed E-state index contributed by atoms with van der Waals surface area (Å²) in [6.07, 6.45) is 1.23. The molecule has 3 heteroatoms. The van der Waals surface area contributed by atoms with Gasteiger partial charge in [-0.1, -0.05) is 32.0 Å². The lowest BCUT2D eigenvalue weighted by atomic mass is 9.98. The molecule has 0 radical (unpaired) electrons. The second kappa shape index (κ2) is 6.78. The third-order valence-electron chi connectivity index (χ3n) is 3.74. The van der Waals surface area contributed by atoms with Gasteiger partial charge in [0.2, 0.25) is 0 Å². The first-order valence-corrected chi connectivity index (χ1v) is 8.19. The van der Waals surface area contributed by atoms with Gasteiger partial charge < -0.3 is 10.2 Å². The summed E-state index contributed by atoms with van der Waals surface area (Å²) in [6.45, 7) is 5.72. The van der Waals surface area contributed by atoms with Crippen molar-refractivity contribution in [3.63, 3.8) is 0 Å². The lowest BCUT2D eigenvalue weighted by molar-refractivity contribution is 0.265. The first kappa shape index (κ1) is 14.9. The van der Waals surface area contributed by atoms with Gasteiger partial charge in [0.05, 0.1) is 0 Å². The van der Waals surface area contributed by atoms with E-state index in [1.807, 2.05) is 11.8 Å². The number of rotatable bonds is 5. The topological polar surface area (TPSA) is 15.3 Å². The van der Waals surface area contributed by atoms with Gasteiger partial charge in [-0.2, -0.15) is 0 Å². The van der Waals surface area contributed by atoms with Gasteiger partial charge >= 0.3 is 0 Å². The first-order valence-electron chi connectivity index (χ1n) is 7.20. The minimum absolute atomic E-state index is 0.518. The SMILES string of the molecule is CC(C)C(CN(C)C)NC1CCSc2ccccc21. The molecular formula is C16H26N2S. The largest absolute Gasteiger partial charge is 0.308 e. The van der Waals surface area contributed by atoms with Gasteiger partial charge in [0, 0.05) is 23.5 Å². The molecule has 0 amide bonds. The second-order valence-electron chi connectivity index (χ2n) is 6.01. The standard InChI is InChI=1S/C16H26N2S/c1-12(2)15(11-18(3)4)17-14-9-10-19-16-8-6-5-7-13(14)16/h5-8,12,14-15,17H,9-11H2,1-4H3. The van der Waals surface area contributed by atoms with Gasteiger partial charge in [-0.05, 0) is 43.8 Å². The highest BCUT2D eigenvalue weighted by Gasteiger charge is 2.24. The third-order valence-corrected chi connectivity index (χ3v) is 4.86. The molecule has 1 aromatic carbocycles. The molecule has 106 valence electrons. The van der Waals surface area contributed by atoms with Gasteiger partial charge in [-0.3, -0.25) is 0 Å². The molecule has 2 atom stereocenters. The molecule has 0 bridgehead atoms. The van der Waals surface area contributed by atoms with Crippen LogP contribution in [0.4, 0.5) is 0 Å². The molecule has 0 saturated heterocycles. The molecule has 1 N–H and O–H groups in total. The fourth-order valence-electron chi connectivity index (χ4n) is 2.62. The maximum Gasteiger partial charge on any atom is 0.0342 e. The Bertz CT molecular complexity index is 403. The normalized spacial score (nSPS) is 20.6. The molecule has 0 saturated carbocycles. The van der Waals surface area contributed by atoms with Gasteiger partial charge in [-0.25, -0.2) is 0 Å². The molecule has 2 nitrogen and oxygen atoms in total. The molecule has 19 heavy (non-hydrogen) atoms. The van der Waals surface area contributed by atoms with E-state index in [0.717, 1.165) is 6.54 Å². The predicted molar refractivity (Wildman–Crippen MR) is 84.8 cm³/mol. The Hall–Kier alpha value is -0.510. The number of hydrogen-bond donors (Lipinski definition) is 1. The molecule has 1 aliphatic rings. The van der Waals surface area contributed by atoms with E-state index in [9.17, 15) is 0 Å². The summed E-state index contributed by atoms with van der Waals surface area (Å²) in [7, 11) is 4.31. The Morgan fingerprint density at radius 3 is 2.74 bits per heavy atom.